The Morgan fingerprint density at radius 3 is 2.60 bits per heavy atom. The Morgan fingerprint density at radius 1 is 1.33 bits per heavy atom. The van der Waals surface area contributed by atoms with Crippen LogP contribution < -0.4 is 4.90 Å². The number of carbonyl (C=O) groups is 1. The van der Waals surface area contributed by atoms with Crippen molar-refractivity contribution in [1.82, 2.24) is 0 Å². The van der Waals surface area contributed by atoms with E-state index in [2.05, 4.69) is 37.9 Å². The van der Waals surface area contributed by atoms with Crippen LogP contribution in [0.4, 0.5) is 5.69 Å². The number of aryl methyl sites for hydroxylation is 1. The molecule has 0 spiro atoms. The summed E-state index contributed by atoms with van der Waals surface area (Å²) in [5.74, 6) is 0. The highest BCUT2D eigenvalue weighted by Gasteiger charge is 2.08. The van der Waals surface area contributed by atoms with Crippen LogP contribution in [0.3, 0.4) is 0 Å². The molecule has 82 valence electrons. The Morgan fingerprint density at radius 2 is 2.00 bits per heavy atom. The fourth-order valence-electron chi connectivity index (χ4n) is 1.56. The van der Waals surface area contributed by atoms with Gasteiger partial charge in [0.25, 0.3) is 0 Å². The van der Waals surface area contributed by atoms with E-state index in [1.807, 2.05) is 12.1 Å². The highest BCUT2D eigenvalue weighted by Crippen LogP contribution is 2.21. The Kier molecular flexibility index (Phi) is 4.35. The van der Waals surface area contributed by atoms with Crippen LogP contribution in [0.15, 0.2) is 24.3 Å². The van der Waals surface area contributed by atoms with E-state index in [9.17, 15) is 4.79 Å². The minimum absolute atomic E-state index is 0.474. The second-order valence-corrected chi connectivity index (χ2v) is 4.04. The van der Waals surface area contributed by atoms with Crippen molar-refractivity contribution in [1.29, 1.82) is 0 Å². The van der Waals surface area contributed by atoms with E-state index in [-0.39, 0.29) is 0 Å². The Balaban J connectivity index is 2.89. The van der Waals surface area contributed by atoms with Gasteiger partial charge in [0.2, 0.25) is 0 Å². The summed E-state index contributed by atoms with van der Waals surface area (Å²) in [6, 6.07) is 8.75. The predicted molar refractivity (Wildman–Crippen MR) is 64.4 cm³/mol. The van der Waals surface area contributed by atoms with Crippen LogP contribution in [0.2, 0.25) is 0 Å². The lowest BCUT2D eigenvalue weighted by atomic mass is 10.1. The molecule has 0 aliphatic heterocycles. The van der Waals surface area contributed by atoms with Crippen molar-refractivity contribution in [3.8, 4) is 0 Å². The van der Waals surface area contributed by atoms with Gasteiger partial charge in [-0.2, -0.15) is 0 Å². The molecule has 0 amide bonds. The van der Waals surface area contributed by atoms with Crippen molar-refractivity contribution >= 4 is 12.0 Å². The largest absolute Gasteiger partial charge is 0.372 e. The first-order valence-electron chi connectivity index (χ1n) is 5.41. The van der Waals surface area contributed by atoms with Crippen LogP contribution in [-0.2, 0) is 11.2 Å². The molecular weight excluding hydrogens is 186 g/mol. The van der Waals surface area contributed by atoms with Crippen LogP contribution >= 0.6 is 0 Å². The van der Waals surface area contributed by atoms with Crippen LogP contribution in [-0.4, -0.2) is 19.4 Å². The van der Waals surface area contributed by atoms with Gasteiger partial charge < -0.3 is 9.69 Å². The summed E-state index contributed by atoms with van der Waals surface area (Å²) in [6.45, 7) is 4.33. The summed E-state index contributed by atoms with van der Waals surface area (Å²) in [4.78, 5) is 12.6. The first kappa shape index (κ1) is 11.8. The van der Waals surface area contributed by atoms with Gasteiger partial charge in [0.1, 0.15) is 6.29 Å². The molecule has 0 aliphatic carbocycles. The lowest BCUT2D eigenvalue weighted by Crippen LogP contribution is -2.26. The van der Waals surface area contributed by atoms with Gasteiger partial charge >= 0.3 is 0 Å². The Hall–Kier alpha value is -1.31. The molecule has 0 aliphatic rings. The lowest BCUT2D eigenvalue weighted by molar-refractivity contribution is -0.107. The maximum absolute atomic E-state index is 10.4. The SMILES string of the molecule is CC(C)N(C)c1ccccc1CCC=O. The van der Waals surface area contributed by atoms with Crippen molar-refractivity contribution in [3.05, 3.63) is 29.8 Å². The van der Waals surface area contributed by atoms with Gasteiger partial charge in [-0.05, 0) is 31.9 Å². The van der Waals surface area contributed by atoms with E-state index in [1.165, 1.54) is 11.3 Å². The molecule has 0 N–H and O–H groups in total. The normalized spacial score (nSPS) is 10.4. The standard InChI is InChI=1S/C13H19NO/c1-11(2)14(3)13-9-5-4-7-12(13)8-6-10-15/h4-5,7,9-11H,6,8H2,1-3H3. The van der Waals surface area contributed by atoms with Crippen LogP contribution in [0, 0.1) is 0 Å². The van der Waals surface area contributed by atoms with Gasteiger partial charge in [0.15, 0.2) is 0 Å². The van der Waals surface area contributed by atoms with Crippen molar-refractivity contribution in [2.45, 2.75) is 32.7 Å². The molecule has 0 radical (unpaired) electrons. The third-order valence-corrected chi connectivity index (χ3v) is 2.68. The molecule has 0 saturated heterocycles. The van der Waals surface area contributed by atoms with E-state index in [4.69, 9.17) is 0 Å². The molecule has 15 heavy (non-hydrogen) atoms. The molecule has 0 heterocycles. The third kappa shape index (κ3) is 3.08. The van der Waals surface area contributed by atoms with Gasteiger partial charge in [-0.15, -0.1) is 0 Å². The minimum Gasteiger partial charge on any atom is -0.372 e. The van der Waals surface area contributed by atoms with Gasteiger partial charge in [-0.3, -0.25) is 0 Å². The number of rotatable bonds is 5. The molecule has 0 fully saturated rings. The minimum atomic E-state index is 0.474. The monoisotopic (exact) mass is 205 g/mol. The van der Waals surface area contributed by atoms with E-state index in [0.29, 0.717) is 12.5 Å². The number of aldehydes is 1. The average Bonchev–Trinajstić information content (AvgIpc) is 2.25. The highest BCUT2D eigenvalue weighted by molar-refractivity contribution is 5.56. The number of benzene rings is 1. The van der Waals surface area contributed by atoms with E-state index in [1.54, 1.807) is 0 Å². The van der Waals surface area contributed by atoms with Gasteiger partial charge in [0.05, 0.1) is 0 Å². The van der Waals surface area contributed by atoms with Crippen molar-refractivity contribution in [2.75, 3.05) is 11.9 Å². The zero-order chi connectivity index (χ0) is 11.3. The van der Waals surface area contributed by atoms with Crippen molar-refractivity contribution < 1.29 is 4.79 Å². The molecule has 0 aromatic heterocycles. The zero-order valence-electron chi connectivity index (χ0n) is 9.73. The maximum atomic E-state index is 10.4. The van der Waals surface area contributed by atoms with E-state index >= 15 is 0 Å². The van der Waals surface area contributed by atoms with Crippen molar-refractivity contribution in [2.24, 2.45) is 0 Å². The first-order chi connectivity index (χ1) is 7.16. The fraction of sp³-hybridized carbons (Fsp3) is 0.462. The van der Waals surface area contributed by atoms with Crippen molar-refractivity contribution in [3.63, 3.8) is 0 Å². The summed E-state index contributed by atoms with van der Waals surface area (Å²) in [6.07, 6.45) is 2.41. The summed E-state index contributed by atoms with van der Waals surface area (Å²) in [5, 5.41) is 0. The molecule has 0 bridgehead atoms. The molecule has 0 unspecified atom stereocenters. The number of hydrogen-bond donors (Lipinski definition) is 0. The number of nitrogens with zero attached hydrogens (tertiary/aromatic N) is 1. The number of hydrogen-bond acceptors (Lipinski definition) is 2. The molecule has 2 nitrogen and oxygen atoms in total. The highest BCUT2D eigenvalue weighted by atomic mass is 16.1. The topological polar surface area (TPSA) is 20.3 Å². The molecule has 0 atom stereocenters. The molecule has 2 heteroatoms. The van der Waals surface area contributed by atoms with Gasteiger partial charge in [-0.25, -0.2) is 0 Å². The Labute approximate surface area is 91.9 Å². The van der Waals surface area contributed by atoms with E-state index < -0.39 is 0 Å². The molecule has 1 aromatic carbocycles. The summed E-state index contributed by atoms with van der Waals surface area (Å²) in [7, 11) is 2.09. The molecule has 1 aromatic rings. The predicted octanol–water partition coefficient (Wildman–Crippen LogP) is 2.66. The first-order valence-corrected chi connectivity index (χ1v) is 5.41. The zero-order valence-corrected chi connectivity index (χ0v) is 9.73. The fourth-order valence-corrected chi connectivity index (χ4v) is 1.56. The number of anilines is 1. The summed E-state index contributed by atoms with van der Waals surface area (Å²) >= 11 is 0. The third-order valence-electron chi connectivity index (χ3n) is 2.68. The van der Waals surface area contributed by atoms with Gasteiger partial charge in [-0.1, -0.05) is 18.2 Å². The Bertz CT molecular complexity index is 320. The maximum Gasteiger partial charge on any atom is 0.120 e. The quantitative estimate of drug-likeness (QED) is 0.689. The molecular formula is C13H19NO. The van der Waals surface area contributed by atoms with Crippen LogP contribution in [0.25, 0.3) is 0 Å². The number of carbonyl (C=O) groups excluding carboxylic acids is 1. The molecule has 1 rings (SSSR count). The second-order valence-electron chi connectivity index (χ2n) is 4.04. The second kappa shape index (κ2) is 5.54. The molecule has 0 saturated carbocycles. The number of para-hydroxylation sites is 1. The lowest BCUT2D eigenvalue weighted by Gasteiger charge is -2.26. The summed E-state index contributed by atoms with van der Waals surface area (Å²) < 4.78 is 0. The van der Waals surface area contributed by atoms with Gasteiger partial charge in [0, 0.05) is 25.2 Å². The van der Waals surface area contributed by atoms with Crippen LogP contribution in [0.1, 0.15) is 25.8 Å². The van der Waals surface area contributed by atoms with E-state index in [0.717, 1.165) is 12.7 Å². The van der Waals surface area contributed by atoms with Crippen LogP contribution in [0.5, 0.6) is 0 Å². The average molecular weight is 205 g/mol. The summed E-state index contributed by atoms with van der Waals surface area (Å²) in [5.41, 5.74) is 2.48. The smallest absolute Gasteiger partial charge is 0.120 e.